The van der Waals surface area contributed by atoms with E-state index in [1.165, 1.54) is 29.0 Å². The molecule has 25 heavy (non-hydrogen) atoms. The summed E-state index contributed by atoms with van der Waals surface area (Å²) in [7, 11) is 1.81. The summed E-state index contributed by atoms with van der Waals surface area (Å²) >= 11 is 1.50. The fraction of sp³-hybridized carbons (Fsp3) is 0.158. The van der Waals surface area contributed by atoms with Crippen LogP contribution in [0.2, 0.25) is 0 Å². The van der Waals surface area contributed by atoms with Gasteiger partial charge in [0.25, 0.3) is 0 Å². The average Bonchev–Trinajstić information content (AvgIpc) is 3.08. The number of anilines is 3. The van der Waals surface area contributed by atoms with Gasteiger partial charge in [-0.1, -0.05) is 6.07 Å². The SMILES string of the molecule is CN1C(=O)CCc2cc(-c3csc(Nc4ccc(F)cc4)n3)ccc21. The van der Waals surface area contributed by atoms with Crippen molar-refractivity contribution in [3.63, 3.8) is 0 Å². The van der Waals surface area contributed by atoms with Crippen LogP contribution in [0.4, 0.5) is 20.9 Å². The summed E-state index contributed by atoms with van der Waals surface area (Å²) in [6, 6.07) is 12.3. The van der Waals surface area contributed by atoms with Crippen molar-refractivity contribution in [1.29, 1.82) is 0 Å². The van der Waals surface area contributed by atoms with E-state index in [0.29, 0.717) is 6.42 Å². The number of aryl methyl sites for hydroxylation is 1. The largest absolute Gasteiger partial charge is 0.332 e. The molecule has 1 aliphatic rings. The van der Waals surface area contributed by atoms with Crippen molar-refractivity contribution < 1.29 is 9.18 Å². The first-order valence-electron chi connectivity index (χ1n) is 7.98. The van der Waals surface area contributed by atoms with Crippen molar-refractivity contribution in [3.05, 3.63) is 59.2 Å². The molecule has 1 N–H and O–H groups in total. The predicted molar refractivity (Wildman–Crippen MR) is 99.0 cm³/mol. The highest BCUT2D eigenvalue weighted by atomic mass is 32.1. The van der Waals surface area contributed by atoms with Crippen molar-refractivity contribution in [2.24, 2.45) is 0 Å². The third kappa shape index (κ3) is 3.13. The van der Waals surface area contributed by atoms with E-state index >= 15 is 0 Å². The second-order valence-electron chi connectivity index (χ2n) is 5.97. The van der Waals surface area contributed by atoms with Gasteiger partial charge in [0.2, 0.25) is 5.91 Å². The molecule has 2 aromatic carbocycles. The van der Waals surface area contributed by atoms with Crippen molar-refractivity contribution in [2.45, 2.75) is 12.8 Å². The third-order valence-corrected chi connectivity index (χ3v) is 5.08. The van der Waals surface area contributed by atoms with Crippen molar-refractivity contribution in [2.75, 3.05) is 17.3 Å². The van der Waals surface area contributed by atoms with E-state index in [9.17, 15) is 9.18 Å². The normalized spacial score (nSPS) is 13.7. The summed E-state index contributed by atoms with van der Waals surface area (Å²) in [6.07, 6.45) is 1.30. The maximum atomic E-state index is 13.0. The molecule has 0 fully saturated rings. The fourth-order valence-corrected chi connectivity index (χ4v) is 3.68. The number of nitrogens with zero attached hydrogens (tertiary/aromatic N) is 2. The zero-order valence-electron chi connectivity index (χ0n) is 13.6. The van der Waals surface area contributed by atoms with E-state index in [-0.39, 0.29) is 11.7 Å². The highest BCUT2D eigenvalue weighted by Crippen LogP contribution is 2.33. The number of thiazole rings is 1. The number of carbonyl (C=O) groups excluding carboxylic acids is 1. The standard InChI is InChI=1S/C19H16FN3OS/c1-23-17-8-2-12(10-13(17)3-9-18(23)24)16-11-25-19(22-16)21-15-6-4-14(20)5-7-15/h2,4-8,10-11H,3,9H2,1H3,(H,21,22). The number of fused-ring (bicyclic) bond motifs is 1. The van der Waals surface area contributed by atoms with Crippen LogP contribution in [0.25, 0.3) is 11.3 Å². The Kier molecular flexibility index (Phi) is 3.97. The first-order valence-corrected chi connectivity index (χ1v) is 8.86. The second-order valence-corrected chi connectivity index (χ2v) is 6.82. The van der Waals surface area contributed by atoms with E-state index in [4.69, 9.17) is 0 Å². The molecule has 0 atom stereocenters. The number of rotatable bonds is 3. The molecule has 3 aromatic rings. The summed E-state index contributed by atoms with van der Waals surface area (Å²) in [5.41, 5.74) is 4.86. The zero-order chi connectivity index (χ0) is 17.4. The second kappa shape index (κ2) is 6.29. The molecule has 2 heterocycles. The van der Waals surface area contributed by atoms with Gasteiger partial charge < -0.3 is 10.2 Å². The molecular formula is C19H16FN3OS. The zero-order valence-corrected chi connectivity index (χ0v) is 14.4. The van der Waals surface area contributed by atoms with Crippen LogP contribution in [0.15, 0.2) is 47.8 Å². The van der Waals surface area contributed by atoms with Gasteiger partial charge in [-0.15, -0.1) is 11.3 Å². The molecule has 6 heteroatoms. The summed E-state index contributed by atoms with van der Waals surface area (Å²) in [5, 5.41) is 5.93. The summed E-state index contributed by atoms with van der Waals surface area (Å²) < 4.78 is 13.0. The lowest BCUT2D eigenvalue weighted by Gasteiger charge is -2.26. The van der Waals surface area contributed by atoms with Gasteiger partial charge in [-0.2, -0.15) is 0 Å². The van der Waals surface area contributed by atoms with Gasteiger partial charge in [-0.3, -0.25) is 4.79 Å². The average molecular weight is 353 g/mol. The number of nitrogens with one attached hydrogen (secondary N) is 1. The van der Waals surface area contributed by atoms with Crippen LogP contribution >= 0.6 is 11.3 Å². The van der Waals surface area contributed by atoms with Crippen LogP contribution in [0.5, 0.6) is 0 Å². The molecule has 0 bridgehead atoms. The molecule has 4 rings (SSSR count). The quantitative estimate of drug-likeness (QED) is 0.748. The Morgan fingerprint density at radius 3 is 2.76 bits per heavy atom. The number of halogens is 1. The predicted octanol–water partition coefficient (Wildman–Crippen LogP) is 4.60. The Morgan fingerprint density at radius 1 is 1.16 bits per heavy atom. The van der Waals surface area contributed by atoms with E-state index in [2.05, 4.69) is 16.4 Å². The van der Waals surface area contributed by atoms with Gasteiger partial charge in [0.15, 0.2) is 5.13 Å². The summed E-state index contributed by atoms with van der Waals surface area (Å²) in [6.45, 7) is 0. The number of hydrogen-bond donors (Lipinski definition) is 1. The van der Waals surface area contributed by atoms with Crippen molar-refractivity contribution >= 4 is 33.8 Å². The molecule has 126 valence electrons. The number of hydrogen-bond acceptors (Lipinski definition) is 4. The first-order chi connectivity index (χ1) is 12.1. The lowest BCUT2D eigenvalue weighted by Crippen LogP contribution is -2.30. The molecular weight excluding hydrogens is 337 g/mol. The minimum absolute atomic E-state index is 0.152. The minimum Gasteiger partial charge on any atom is -0.332 e. The van der Waals surface area contributed by atoms with E-state index in [1.54, 1.807) is 17.0 Å². The molecule has 4 nitrogen and oxygen atoms in total. The highest BCUT2D eigenvalue weighted by Gasteiger charge is 2.21. The molecule has 0 saturated heterocycles. The third-order valence-electron chi connectivity index (χ3n) is 4.32. The summed E-state index contributed by atoms with van der Waals surface area (Å²) in [5.74, 6) is -0.109. The monoisotopic (exact) mass is 353 g/mol. The van der Waals surface area contributed by atoms with E-state index < -0.39 is 0 Å². The van der Waals surface area contributed by atoms with E-state index in [1.807, 2.05) is 24.6 Å². The maximum Gasteiger partial charge on any atom is 0.227 e. The lowest BCUT2D eigenvalue weighted by molar-refractivity contribution is -0.118. The van der Waals surface area contributed by atoms with Crippen LogP contribution in [0.1, 0.15) is 12.0 Å². The van der Waals surface area contributed by atoms with Crippen LogP contribution in [0, 0.1) is 5.82 Å². The Balaban J connectivity index is 1.58. The van der Waals surface area contributed by atoms with Gasteiger partial charge >= 0.3 is 0 Å². The molecule has 1 amide bonds. The van der Waals surface area contributed by atoms with Gasteiger partial charge in [-0.25, -0.2) is 9.37 Å². The maximum absolute atomic E-state index is 13.0. The fourth-order valence-electron chi connectivity index (χ4n) is 2.94. The van der Waals surface area contributed by atoms with Gasteiger partial charge in [0, 0.05) is 35.8 Å². The lowest BCUT2D eigenvalue weighted by atomic mass is 9.98. The number of benzene rings is 2. The van der Waals surface area contributed by atoms with Crippen molar-refractivity contribution in [3.8, 4) is 11.3 Å². The van der Waals surface area contributed by atoms with Crippen LogP contribution in [0.3, 0.4) is 0 Å². The molecule has 0 unspecified atom stereocenters. The molecule has 0 saturated carbocycles. The molecule has 0 spiro atoms. The van der Waals surface area contributed by atoms with Gasteiger partial charge in [-0.05, 0) is 48.4 Å². The summed E-state index contributed by atoms with van der Waals surface area (Å²) in [4.78, 5) is 18.1. The molecule has 0 radical (unpaired) electrons. The topological polar surface area (TPSA) is 45.2 Å². The van der Waals surface area contributed by atoms with Gasteiger partial charge in [0.1, 0.15) is 5.82 Å². The van der Waals surface area contributed by atoms with Crippen LogP contribution in [-0.2, 0) is 11.2 Å². The van der Waals surface area contributed by atoms with Crippen LogP contribution in [-0.4, -0.2) is 17.9 Å². The number of aromatic nitrogens is 1. The van der Waals surface area contributed by atoms with Crippen molar-refractivity contribution in [1.82, 2.24) is 4.98 Å². The minimum atomic E-state index is -0.261. The Morgan fingerprint density at radius 2 is 1.96 bits per heavy atom. The molecule has 0 aliphatic carbocycles. The highest BCUT2D eigenvalue weighted by molar-refractivity contribution is 7.14. The Bertz CT molecular complexity index is 936. The smallest absolute Gasteiger partial charge is 0.227 e. The molecule has 1 aliphatic heterocycles. The number of carbonyl (C=O) groups is 1. The van der Waals surface area contributed by atoms with E-state index in [0.717, 1.165) is 34.2 Å². The first kappa shape index (κ1) is 15.8. The Hall–Kier alpha value is -2.73. The Labute approximate surface area is 148 Å². The van der Waals surface area contributed by atoms with Gasteiger partial charge in [0.05, 0.1) is 5.69 Å². The number of amides is 1. The van der Waals surface area contributed by atoms with Crippen LogP contribution < -0.4 is 10.2 Å². The molecule has 1 aromatic heterocycles.